The van der Waals surface area contributed by atoms with E-state index in [1.807, 2.05) is 51.1 Å². The summed E-state index contributed by atoms with van der Waals surface area (Å²) in [5, 5.41) is 11.3. The van der Waals surface area contributed by atoms with Crippen molar-refractivity contribution in [2.75, 3.05) is 6.61 Å². The molecule has 0 aliphatic carbocycles. The fourth-order valence-electron chi connectivity index (χ4n) is 1.72. The third kappa shape index (κ3) is 3.04. The van der Waals surface area contributed by atoms with Crippen molar-refractivity contribution in [3.63, 3.8) is 0 Å². The van der Waals surface area contributed by atoms with Crippen molar-refractivity contribution in [1.82, 2.24) is 4.98 Å². The van der Waals surface area contributed by atoms with Gasteiger partial charge < -0.3 is 9.84 Å². The van der Waals surface area contributed by atoms with Crippen LogP contribution in [-0.2, 0) is 0 Å². The number of ether oxygens (including phenoxy) is 1. The van der Waals surface area contributed by atoms with E-state index in [0.29, 0.717) is 0 Å². The van der Waals surface area contributed by atoms with Crippen LogP contribution in [0.4, 0.5) is 0 Å². The number of nitrogens with zero attached hydrogens (tertiary/aromatic N) is 1. The molecule has 0 aliphatic heterocycles. The molecular formula is C16H21NO2. The highest BCUT2D eigenvalue weighted by molar-refractivity contribution is 5.84. The molecule has 0 fully saturated rings. The van der Waals surface area contributed by atoms with Gasteiger partial charge in [0, 0.05) is 11.1 Å². The molecule has 0 bridgehead atoms. The molecule has 102 valence electrons. The first-order valence-corrected chi connectivity index (χ1v) is 6.62. The number of fused-ring (bicyclic) bond motifs is 1. The monoisotopic (exact) mass is 259 g/mol. The van der Waals surface area contributed by atoms with Crippen molar-refractivity contribution >= 4 is 10.9 Å². The molecule has 1 atom stereocenters. The van der Waals surface area contributed by atoms with Crippen LogP contribution >= 0.6 is 0 Å². The first-order chi connectivity index (χ1) is 8.90. The van der Waals surface area contributed by atoms with Crippen LogP contribution in [0.2, 0.25) is 0 Å². The fraction of sp³-hybridized carbons (Fsp3) is 0.438. The Bertz CT molecular complexity index is 576. The zero-order valence-electron chi connectivity index (χ0n) is 12.0. The number of aliphatic hydroxyl groups is 1. The van der Waals surface area contributed by atoms with Crippen molar-refractivity contribution in [2.24, 2.45) is 5.92 Å². The normalized spacial score (nSPS) is 14.6. The Morgan fingerprint density at radius 1 is 1.26 bits per heavy atom. The van der Waals surface area contributed by atoms with E-state index in [0.717, 1.165) is 22.3 Å². The van der Waals surface area contributed by atoms with E-state index in [2.05, 4.69) is 4.98 Å². The van der Waals surface area contributed by atoms with Crippen molar-refractivity contribution < 1.29 is 9.84 Å². The molecule has 3 heteroatoms. The van der Waals surface area contributed by atoms with Crippen molar-refractivity contribution in [2.45, 2.75) is 33.3 Å². The van der Waals surface area contributed by atoms with Gasteiger partial charge in [-0.25, -0.2) is 4.98 Å². The fourth-order valence-corrected chi connectivity index (χ4v) is 1.72. The Labute approximate surface area is 114 Å². The molecule has 1 unspecified atom stereocenters. The number of para-hydroxylation sites is 1. The molecule has 2 rings (SSSR count). The molecule has 3 nitrogen and oxygen atoms in total. The summed E-state index contributed by atoms with van der Waals surface area (Å²) in [5.74, 6) is 0.860. The van der Waals surface area contributed by atoms with Crippen LogP contribution in [0, 0.1) is 12.8 Å². The van der Waals surface area contributed by atoms with E-state index in [-0.39, 0.29) is 12.5 Å². The van der Waals surface area contributed by atoms with E-state index in [1.165, 1.54) is 0 Å². The third-order valence-electron chi connectivity index (χ3n) is 3.59. The second kappa shape index (κ2) is 5.17. The second-order valence-electron chi connectivity index (χ2n) is 5.58. The van der Waals surface area contributed by atoms with Crippen LogP contribution < -0.4 is 4.74 Å². The summed E-state index contributed by atoms with van der Waals surface area (Å²) in [7, 11) is 0. The van der Waals surface area contributed by atoms with Crippen LogP contribution in [0.1, 0.15) is 26.5 Å². The maximum absolute atomic E-state index is 10.2. The van der Waals surface area contributed by atoms with Crippen LogP contribution in [-0.4, -0.2) is 22.3 Å². The molecule has 2 aromatic rings. The molecular weight excluding hydrogens is 238 g/mol. The quantitative estimate of drug-likeness (QED) is 0.915. The number of benzene rings is 1. The SMILES string of the molecule is Cc1ccc2cccc(OCC(C)(O)C(C)C)c2n1. The van der Waals surface area contributed by atoms with Crippen LogP contribution in [0.5, 0.6) is 5.75 Å². The summed E-state index contributed by atoms with van der Waals surface area (Å²) >= 11 is 0. The predicted molar refractivity (Wildman–Crippen MR) is 77.4 cm³/mol. The third-order valence-corrected chi connectivity index (χ3v) is 3.59. The summed E-state index contributed by atoms with van der Waals surface area (Å²) in [6.07, 6.45) is 0. The number of aromatic nitrogens is 1. The Morgan fingerprint density at radius 3 is 2.68 bits per heavy atom. The lowest BCUT2D eigenvalue weighted by molar-refractivity contribution is -0.0263. The molecule has 0 radical (unpaired) electrons. The first kappa shape index (κ1) is 13.8. The van der Waals surface area contributed by atoms with Gasteiger partial charge in [0.15, 0.2) is 0 Å². The highest BCUT2D eigenvalue weighted by atomic mass is 16.5. The summed E-state index contributed by atoms with van der Waals surface area (Å²) in [4.78, 5) is 4.51. The molecule has 0 saturated carbocycles. The number of rotatable bonds is 4. The van der Waals surface area contributed by atoms with Crippen molar-refractivity contribution in [3.05, 3.63) is 36.0 Å². The van der Waals surface area contributed by atoms with Gasteiger partial charge in [0.25, 0.3) is 0 Å². The van der Waals surface area contributed by atoms with Gasteiger partial charge in [0.2, 0.25) is 0 Å². The standard InChI is InChI=1S/C16H21NO2/c1-11(2)16(4,18)10-19-14-7-5-6-13-9-8-12(3)17-15(13)14/h5-9,11,18H,10H2,1-4H3. The van der Waals surface area contributed by atoms with Gasteiger partial charge in [-0.2, -0.15) is 0 Å². The largest absolute Gasteiger partial charge is 0.488 e. The Hall–Kier alpha value is -1.61. The summed E-state index contributed by atoms with van der Waals surface area (Å²) in [5.41, 5.74) is 0.965. The first-order valence-electron chi connectivity index (χ1n) is 6.62. The van der Waals surface area contributed by atoms with E-state index in [9.17, 15) is 5.11 Å². The second-order valence-corrected chi connectivity index (χ2v) is 5.58. The van der Waals surface area contributed by atoms with Gasteiger partial charge in [-0.3, -0.25) is 0 Å². The molecule has 1 heterocycles. The smallest absolute Gasteiger partial charge is 0.145 e. The molecule has 0 amide bonds. The van der Waals surface area contributed by atoms with E-state index in [1.54, 1.807) is 6.92 Å². The van der Waals surface area contributed by atoms with Crippen LogP contribution in [0.25, 0.3) is 10.9 Å². The van der Waals surface area contributed by atoms with Gasteiger partial charge in [0.1, 0.15) is 17.9 Å². The molecule has 0 saturated heterocycles. The minimum Gasteiger partial charge on any atom is -0.488 e. The molecule has 1 aromatic carbocycles. The minimum atomic E-state index is -0.841. The minimum absolute atomic E-state index is 0.136. The number of hydrogen-bond acceptors (Lipinski definition) is 3. The lowest BCUT2D eigenvalue weighted by Gasteiger charge is -2.27. The lowest BCUT2D eigenvalue weighted by Crippen LogP contribution is -2.37. The van der Waals surface area contributed by atoms with Crippen molar-refractivity contribution in [1.29, 1.82) is 0 Å². The highest BCUT2D eigenvalue weighted by Gasteiger charge is 2.26. The highest BCUT2D eigenvalue weighted by Crippen LogP contribution is 2.26. The molecule has 1 N–H and O–H groups in total. The van der Waals surface area contributed by atoms with E-state index >= 15 is 0 Å². The average Bonchev–Trinajstić information content (AvgIpc) is 2.36. The average molecular weight is 259 g/mol. The maximum atomic E-state index is 10.2. The Balaban J connectivity index is 2.28. The van der Waals surface area contributed by atoms with Crippen LogP contribution in [0.3, 0.4) is 0 Å². The van der Waals surface area contributed by atoms with Gasteiger partial charge >= 0.3 is 0 Å². The topological polar surface area (TPSA) is 42.4 Å². The van der Waals surface area contributed by atoms with Gasteiger partial charge in [-0.05, 0) is 31.9 Å². The zero-order chi connectivity index (χ0) is 14.0. The predicted octanol–water partition coefficient (Wildman–Crippen LogP) is 3.33. The number of pyridine rings is 1. The van der Waals surface area contributed by atoms with Gasteiger partial charge in [-0.15, -0.1) is 0 Å². The van der Waals surface area contributed by atoms with E-state index in [4.69, 9.17) is 4.74 Å². The van der Waals surface area contributed by atoms with Gasteiger partial charge in [-0.1, -0.05) is 32.0 Å². The number of aryl methyl sites for hydroxylation is 1. The molecule has 0 spiro atoms. The summed E-state index contributed by atoms with van der Waals surface area (Å²) < 4.78 is 5.79. The summed E-state index contributed by atoms with van der Waals surface area (Å²) in [6, 6.07) is 9.86. The molecule has 1 aromatic heterocycles. The summed E-state index contributed by atoms with van der Waals surface area (Å²) in [6.45, 7) is 7.98. The van der Waals surface area contributed by atoms with Gasteiger partial charge in [0.05, 0.1) is 5.60 Å². The lowest BCUT2D eigenvalue weighted by atomic mass is 9.94. The Morgan fingerprint density at radius 2 is 2.00 bits per heavy atom. The molecule has 19 heavy (non-hydrogen) atoms. The van der Waals surface area contributed by atoms with Crippen LogP contribution in [0.15, 0.2) is 30.3 Å². The number of hydrogen-bond donors (Lipinski definition) is 1. The Kier molecular flexibility index (Phi) is 3.76. The molecule has 0 aliphatic rings. The zero-order valence-corrected chi connectivity index (χ0v) is 12.0. The van der Waals surface area contributed by atoms with E-state index < -0.39 is 5.60 Å². The van der Waals surface area contributed by atoms with Crippen molar-refractivity contribution in [3.8, 4) is 5.75 Å². The maximum Gasteiger partial charge on any atom is 0.145 e.